The van der Waals surface area contributed by atoms with Crippen molar-refractivity contribution in [2.75, 3.05) is 25.5 Å². The number of carbonyl (C=O) groups excluding carboxylic acids is 1. The standard InChI is InChI=1S/C19H32N4O2/c1-6-9-17(24)23-16-11-8-10-15(12-16)13-21-18(20-7-2)22-14-19(3,4)25-5/h8,10-12H,6-7,9,13-14H2,1-5H3,(H,23,24)(H2,20,21,22). The van der Waals surface area contributed by atoms with E-state index >= 15 is 0 Å². The molecule has 0 aromatic heterocycles. The van der Waals surface area contributed by atoms with Crippen molar-refractivity contribution in [3.63, 3.8) is 0 Å². The second-order valence-corrected chi connectivity index (χ2v) is 6.51. The molecule has 3 N–H and O–H groups in total. The van der Waals surface area contributed by atoms with Crippen molar-refractivity contribution in [3.8, 4) is 0 Å². The van der Waals surface area contributed by atoms with E-state index in [9.17, 15) is 4.79 Å². The minimum absolute atomic E-state index is 0.0416. The third-order valence-corrected chi connectivity index (χ3v) is 3.69. The van der Waals surface area contributed by atoms with Crippen molar-refractivity contribution >= 4 is 17.6 Å². The largest absolute Gasteiger partial charge is 0.377 e. The molecule has 1 aromatic carbocycles. The molecular weight excluding hydrogens is 316 g/mol. The van der Waals surface area contributed by atoms with E-state index in [2.05, 4.69) is 20.9 Å². The fourth-order valence-corrected chi connectivity index (χ4v) is 2.08. The highest BCUT2D eigenvalue weighted by Crippen LogP contribution is 2.12. The van der Waals surface area contributed by atoms with Gasteiger partial charge >= 0.3 is 0 Å². The SMILES string of the molecule is CCCC(=O)Nc1cccc(CN=C(NCC)NCC(C)(C)OC)c1. The lowest BCUT2D eigenvalue weighted by atomic mass is 10.1. The minimum Gasteiger partial charge on any atom is -0.377 e. The van der Waals surface area contributed by atoms with Gasteiger partial charge in [0.2, 0.25) is 5.91 Å². The Hall–Kier alpha value is -2.08. The molecule has 0 heterocycles. The maximum Gasteiger partial charge on any atom is 0.224 e. The van der Waals surface area contributed by atoms with Crippen LogP contribution in [0.15, 0.2) is 29.3 Å². The van der Waals surface area contributed by atoms with Gasteiger partial charge in [-0.2, -0.15) is 0 Å². The van der Waals surface area contributed by atoms with Crippen LogP contribution in [0.2, 0.25) is 0 Å². The number of anilines is 1. The summed E-state index contributed by atoms with van der Waals surface area (Å²) < 4.78 is 5.42. The zero-order valence-corrected chi connectivity index (χ0v) is 16.1. The van der Waals surface area contributed by atoms with Gasteiger partial charge in [0, 0.05) is 32.3 Å². The number of guanidine groups is 1. The molecular formula is C19H32N4O2. The van der Waals surface area contributed by atoms with Crippen LogP contribution in [-0.2, 0) is 16.1 Å². The van der Waals surface area contributed by atoms with Gasteiger partial charge in [-0.05, 0) is 44.9 Å². The first-order valence-electron chi connectivity index (χ1n) is 8.86. The Balaban J connectivity index is 2.70. The molecule has 1 rings (SSSR count). The van der Waals surface area contributed by atoms with Crippen molar-refractivity contribution in [1.82, 2.24) is 10.6 Å². The van der Waals surface area contributed by atoms with E-state index < -0.39 is 0 Å². The predicted molar refractivity (Wildman–Crippen MR) is 104 cm³/mol. The fraction of sp³-hybridized carbons (Fsp3) is 0.579. The van der Waals surface area contributed by atoms with Gasteiger partial charge in [0.1, 0.15) is 0 Å². The number of methoxy groups -OCH3 is 1. The van der Waals surface area contributed by atoms with Gasteiger partial charge < -0.3 is 20.7 Å². The van der Waals surface area contributed by atoms with Gasteiger partial charge in [-0.25, -0.2) is 4.99 Å². The molecule has 0 atom stereocenters. The summed E-state index contributed by atoms with van der Waals surface area (Å²) in [5.74, 6) is 0.785. The van der Waals surface area contributed by atoms with Crippen LogP contribution in [0.5, 0.6) is 0 Å². The van der Waals surface area contributed by atoms with E-state index in [0.29, 0.717) is 19.5 Å². The van der Waals surface area contributed by atoms with Crippen LogP contribution in [-0.4, -0.2) is 37.7 Å². The van der Waals surface area contributed by atoms with Crippen molar-refractivity contribution < 1.29 is 9.53 Å². The minimum atomic E-state index is -0.264. The molecule has 140 valence electrons. The molecule has 0 radical (unpaired) electrons. The highest BCUT2D eigenvalue weighted by atomic mass is 16.5. The molecule has 0 saturated heterocycles. The zero-order chi connectivity index (χ0) is 18.7. The van der Waals surface area contributed by atoms with E-state index in [4.69, 9.17) is 4.74 Å². The van der Waals surface area contributed by atoms with Crippen LogP contribution < -0.4 is 16.0 Å². The van der Waals surface area contributed by atoms with Crippen LogP contribution in [0.3, 0.4) is 0 Å². The highest BCUT2D eigenvalue weighted by Gasteiger charge is 2.16. The summed E-state index contributed by atoms with van der Waals surface area (Å²) in [5, 5.41) is 9.43. The molecule has 0 aliphatic rings. The van der Waals surface area contributed by atoms with Gasteiger partial charge in [0.15, 0.2) is 5.96 Å². The molecule has 6 heteroatoms. The van der Waals surface area contributed by atoms with E-state index in [0.717, 1.165) is 30.2 Å². The molecule has 1 aromatic rings. The van der Waals surface area contributed by atoms with Gasteiger partial charge in [-0.15, -0.1) is 0 Å². The third-order valence-electron chi connectivity index (χ3n) is 3.69. The number of hydrogen-bond donors (Lipinski definition) is 3. The Kier molecular flexibility index (Phi) is 8.99. The summed E-state index contributed by atoms with van der Waals surface area (Å²) in [6.07, 6.45) is 1.37. The normalized spacial score (nSPS) is 12.0. The summed E-state index contributed by atoms with van der Waals surface area (Å²) in [6.45, 7) is 10.0. The summed E-state index contributed by atoms with van der Waals surface area (Å²) in [7, 11) is 1.70. The lowest BCUT2D eigenvalue weighted by molar-refractivity contribution is -0.116. The van der Waals surface area contributed by atoms with Crippen LogP contribution >= 0.6 is 0 Å². The summed E-state index contributed by atoms with van der Waals surface area (Å²) in [5.41, 5.74) is 1.58. The van der Waals surface area contributed by atoms with Gasteiger partial charge in [-0.3, -0.25) is 4.79 Å². The third kappa shape index (κ3) is 8.54. The van der Waals surface area contributed by atoms with E-state index in [1.165, 1.54) is 0 Å². The molecule has 0 bridgehead atoms. The number of benzene rings is 1. The van der Waals surface area contributed by atoms with Gasteiger partial charge in [0.05, 0.1) is 12.1 Å². The lowest BCUT2D eigenvalue weighted by Gasteiger charge is -2.24. The predicted octanol–water partition coefficient (Wildman–Crippen LogP) is 2.91. The van der Waals surface area contributed by atoms with E-state index in [1.807, 2.05) is 52.0 Å². The molecule has 0 saturated carbocycles. The molecule has 1 amide bonds. The zero-order valence-electron chi connectivity index (χ0n) is 16.1. The second kappa shape index (κ2) is 10.7. The fourth-order valence-electron chi connectivity index (χ4n) is 2.08. The Labute approximate surface area is 151 Å². The summed E-state index contributed by atoms with van der Waals surface area (Å²) >= 11 is 0. The molecule has 0 unspecified atom stereocenters. The molecule has 0 spiro atoms. The topological polar surface area (TPSA) is 74.8 Å². The number of aliphatic imine (C=N–C) groups is 1. The first kappa shape index (κ1) is 21.0. The average Bonchev–Trinajstić information content (AvgIpc) is 2.58. The van der Waals surface area contributed by atoms with E-state index in [1.54, 1.807) is 7.11 Å². The van der Waals surface area contributed by atoms with Crippen molar-refractivity contribution in [2.24, 2.45) is 4.99 Å². The van der Waals surface area contributed by atoms with Crippen molar-refractivity contribution in [2.45, 2.75) is 52.7 Å². The van der Waals surface area contributed by atoms with Crippen LogP contribution in [0.25, 0.3) is 0 Å². The molecule has 0 aliphatic carbocycles. The smallest absolute Gasteiger partial charge is 0.224 e. The molecule has 25 heavy (non-hydrogen) atoms. The number of nitrogens with zero attached hydrogens (tertiary/aromatic N) is 1. The first-order chi connectivity index (χ1) is 11.9. The monoisotopic (exact) mass is 348 g/mol. The van der Waals surface area contributed by atoms with Crippen LogP contribution in [0.4, 0.5) is 5.69 Å². The quantitative estimate of drug-likeness (QED) is 0.474. The maximum atomic E-state index is 11.7. The van der Waals surface area contributed by atoms with Crippen molar-refractivity contribution in [3.05, 3.63) is 29.8 Å². The Morgan fingerprint density at radius 1 is 1.24 bits per heavy atom. The summed E-state index contributed by atoms with van der Waals surface area (Å²) in [4.78, 5) is 16.3. The number of carbonyl (C=O) groups is 1. The number of hydrogen-bond acceptors (Lipinski definition) is 3. The number of rotatable bonds is 9. The van der Waals surface area contributed by atoms with Crippen LogP contribution in [0, 0.1) is 0 Å². The van der Waals surface area contributed by atoms with Crippen LogP contribution in [0.1, 0.15) is 46.1 Å². The highest BCUT2D eigenvalue weighted by molar-refractivity contribution is 5.90. The maximum absolute atomic E-state index is 11.7. The second-order valence-electron chi connectivity index (χ2n) is 6.51. The average molecular weight is 348 g/mol. The van der Waals surface area contributed by atoms with E-state index in [-0.39, 0.29) is 11.5 Å². The van der Waals surface area contributed by atoms with Gasteiger partial charge in [-0.1, -0.05) is 19.1 Å². The Bertz CT molecular complexity index is 570. The first-order valence-corrected chi connectivity index (χ1v) is 8.86. The number of ether oxygens (including phenoxy) is 1. The summed E-state index contributed by atoms with van der Waals surface area (Å²) in [6, 6.07) is 7.79. The number of nitrogens with one attached hydrogen (secondary N) is 3. The van der Waals surface area contributed by atoms with Gasteiger partial charge in [0.25, 0.3) is 0 Å². The van der Waals surface area contributed by atoms with Crippen molar-refractivity contribution in [1.29, 1.82) is 0 Å². The molecule has 6 nitrogen and oxygen atoms in total. The Morgan fingerprint density at radius 3 is 2.64 bits per heavy atom. The Morgan fingerprint density at radius 2 is 2.00 bits per heavy atom. The number of amides is 1. The molecule has 0 fully saturated rings. The molecule has 0 aliphatic heterocycles. The lowest BCUT2D eigenvalue weighted by Crippen LogP contribution is -2.45.